The molecule has 0 aliphatic carbocycles. The molecular weight excluding hydrogens is 482 g/mol. The van der Waals surface area contributed by atoms with Crippen molar-refractivity contribution in [2.24, 2.45) is 11.5 Å². The number of fused-ring (bicyclic) bond motifs is 1. The fourth-order valence-electron chi connectivity index (χ4n) is 4.57. The average Bonchev–Trinajstić information content (AvgIpc) is 2.84. The molecule has 2 aromatic rings. The lowest BCUT2D eigenvalue weighted by Crippen LogP contribution is -2.44. The monoisotopic (exact) mass is 513 g/mol. The lowest BCUT2D eigenvalue weighted by Gasteiger charge is -2.32. The lowest BCUT2D eigenvalue weighted by atomic mass is 9.99. The summed E-state index contributed by atoms with van der Waals surface area (Å²) >= 11 is 0. The summed E-state index contributed by atoms with van der Waals surface area (Å²) in [5, 5.41) is 15.2. The number of benzene rings is 2. The van der Waals surface area contributed by atoms with Crippen LogP contribution in [-0.2, 0) is 27.8 Å². The second-order valence-corrected chi connectivity index (χ2v) is 10.7. The van der Waals surface area contributed by atoms with Crippen LogP contribution in [0.4, 0.5) is 5.69 Å². The highest BCUT2D eigenvalue weighted by molar-refractivity contribution is 7.93. The van der Waals surface area contributed by atoms with Crippen molar-refractivity contribution >= 4 is 33.5 Å². The summed E-state index contributed by atoms with van der Waals surface area (Å²) in [6, 6.07) is 11.2. The number of ether oxygens (including phenoxy) is 1. The highest BCUT2D eigenvalue weighted by Gasteiger charge is 2.30. The Hall–Kier alpha value is -3.80. The van der Waals surface area contributed by atoms with Crippen molar-refractivity contribution in [3.05, 3.63) is 53.6 Å². The maximum Gasteiger partial charge on any atom is 0.270 e. The molecule has 2 heterocycles. The molecule has 1 amide bonds. The maximum absolute atomic E-state index is 13.5. The van der Waals surface area contributed by atoms with Gasteiger partial charge in [-0.05, 0) is 53.9 Å². The first kappa shape index (κ1) is 25.3. The Morgan fingerprint density at radius 1 is 0.972 bits per heavy atom. The Morgan fingerprint density at radius 2 is 1.61 bits per heavy atom. The summed E-state index contributed by atoms with van der Waals surface area (Å²) in [7, 11) is -4.17. The van der Waals surface area contributed by atoms with Crippen LogP contribution in [0.15, 0.2) is 47.4 Å². The number of hydrogen-bond donors (Lipinski definition) is 4. The number of nitrogens with zero attached hydrogens (tertiary/aromatic N) is 3. The Labute approximate surface area is 210 Å². The molecule has 0 aromatic heterocycles. The van der Waals surface area contributed by atoms with Gasteiger partial charge < -0.3 is 26.0 Å². The van der Waals surface area contributed by atoms with Crippen LogP contribution in [0.3, 0.4) is 0 Å². The zero-order chi connectivity index (χ0) is 26.0. The van der Waals surface area contributed by atoms with Crippen molar-refractivity contribution in [3.63, 3.8) is 0 Å². The molecule has 0 bridgehead atoms. The smallest absolute Gasteiger partial charge is 0.270 e. The van der Waals surface area contributed by atoms with Gasteiger partial charge in [0.2, 0.25) is 5.91 Å². The fraction of sp³-hybridized carbons (Fsp3) is 0.375. The van der Waals surface area contributed by atoms with E-state index < -0.39 is 15.9 Å². The number of amides is 1. The third-order valence-corrected chi connectivity index (χ3v) is 8.33. The number of anilines is 1. The summed E-state index contributed by atoms with van der Waals surface area (Å²) in [6.07, 6.45) is 2.03. The van der Waals surface area contributed by atoms with E-state index in [1.165, 1.54) is 19.1 Å². The van der Waals surface area contributed by atoms with Crippen LogP contribution in [0.25, 0.3) is 0 Å². The third-order valence-electron chi connectivity index (χ3n) is 6.51. The molecule has 0 spiro atoms. The van der Waals surface area contributed by atoms with E-state index in [-0.39, 0.29) is 28.6 Å². The Morgan fingerprint density at radius 3 is 2.19 bits per heavy atom. The van der Waals surface area contributed by atoms with Crippen molar-refractivity contribution in [3.8, 4) is 5.75 Å². The van der Waals surface area contributed by atoms with E-state index in [0.717, 1.165) is 15.4 Å². The largest absolute Gasteiger partial charge is 0.490 e. The number of carbonyl (C=O) groups is 1. The van der Waals surface area contributed by atoms with Crippen LogP contribution in [-0.4, -0.2) is 61.8 Å². The normalized spacial score (nSPS) is 16.2. The van der Waals surface area contributed by atoms with Crippen LogP contribution < -0.4 is 20.5 Å². The van der Waals surface area contributed by atoms with Crippen LogP contribution >= 0.6 is 0 Å². The van der Waals surface area contributed by atoms with Gasteiger partial charge in [0.15, 0.2) is 11.9 Å². The molecule has 0 radical (unpaired) electrons. The van der Waals surface area contributed by atoms with Crippen molar-refractivity contribution in [1.29, 1.82) is 10.8 Å². The van der Waals surface area contributed by atoms with E-state index in [4.69, 9.17) is 27.0 Å². The van der Waals surface area contributed by atoms with Gasteiger partial charge >= 0.3 is 0 Å². The highest BCUT2D eigenvalue weighted by Crippen LogP contribution is 2.30. The minimum absolute atomic E-state index is 0.0282. The van der Waals surface area contributed by atoms with Gasteiger partial charge in [0.1, 0.15) is 11.9 Å². The van der Waals surface area contributed by atoms with Gasteiger partial charge in [-0.3, -0.25) is 15.6 Å². The SMILES string of the molecule is CC(=O)N(c1ccc2c(c1)CN(C(=N)N)CC2)S(=O)(=O)c1ccc(OC2CCN(C(=N)N)CC2)cc1. The summed E-state index contributed by atoms with van der Waals surface area (Å²) in [5.41, 5.74) is 13.3. The number of rotatable bonds is 5. The summed E-state index contributed by atoms with van der Waals surface area (Å²) in [4.78, 5) is 16.0. The van der Waals surface area contributed by atoms with E-state index in [1.54, 1.807) is 34.1 Å². The zero-order valence-electron chi connectivity index (χ0n) is 20.1. The van der Waals surface area contributed by atoms with E-state index in [2.05, 4.69) is 0 Å². The van der Waals surface area contributed by atoms with E-state index >= 15 is 0 Å². The van der Waals surface area contributed by atoms with Gasteiger partial charge in [0.05, 0.1) is 10.6 Å². The number of guanidine groups is 2. The molecule has 1 fully saturated rings. The van der Waals surface area contributed by atoms with E-state index in [9.17, 15) is 13.2 Å². The predicted molar refractivity (Wildman–Crippen MR) is 136 cm³/mol. The first-order valence-corrected chi connectivity index (χ1v) is 13.1. The summed E-state index contributed by atoms with van der Waals surface area (Å²) in [6.45, 7) is 3.46. The van der Waals surface area contributed by atoms with E-state index in [0.29, 0.717) is 51.2 Å². The Bertz CT molecular complexity index is 1270. The third kappa shape index (κ3) is 5.23. The second kappa shape index (κ2) is 10.1. The first-order chi connectivity index (χ1) is 17.1. The van der Waals surface area contributed by atoms with Gasteiger partial charge in [0, 0.05) is 45.9 Å². The van der Waals surface area contributed by atoms with Crippen molar-refractivity contribution in [1.82, 2.24) is 9.80 Å². The van der Waals surface area contributed by atoms with Gasteiger partial charge in [-0.2, -0.15) is 0 Å². The molecule has 0 saturated carbocycles. The highest BCUT2D eigenvalue weighted by atomic mass is 32.2. The molecule has 192 valence electrons. The van der Waals surface area contributed by atoms with E-state index in [1.807, 2.05) is 6.07 Å². The number of nitrogens with one attached hydrogen (secondary N) is 2. The fourth-order valence-corrected chi connectivity index (χ4v) is 5.99. The number of nitrogens with two attached hydrogens (primary N) is 2. The van der Waals surface area contributed by atoms with Crippen LogP contribution in [0.1, 0.15) is 30.9 Å². The molecule has 12 heteroatoms. The van der Waals surface area contributed by atoms with Crippen LogP contribution in [0.2, 0.25) is 0 Å². The quantitative estimate of drug-likeness (QED) is 0.343. The number of piperidine rings is 1. The zero-order valence-corrected chi connectivity index (χ0v) is 20.9. The van der Waals surface area contributed by atoms with Gasteiger partial charge in [-0.25, -0.2) is 12.7 Å². The van der Waals surface area contributed by atoms with Crippen molar-refractivity contribution in [2.45, 2.75) is 43.7 Å². The van der Waals surface area contributed by atoms with Crippen LogP contribution in [0, 0.1) is 10.8 Å². The molecule has 1 saturated heterocycles. The lowest BCUT2D eigenvalue weighted by molar-refractivity contribution is -0.115. The number of sulfonamides is 1. The molecule has 36 heavy (non-hydrogen) atoms. The molecule has 2 aliphatic rings. The molecule has 6 N–H and O–H groups in total. The van der Waals surface area contributed by atoms with Gasteiger partial charge in [-0.1, -0.05) is 6.07 Å². The molecule has 0 atom stereocenters. The van der Waals surface area contributed by atoms with Gasteiger partial charge in [0.25, 0.3) is 10.0 Å². The standard InChI is InChI=1S/C24H31N7O4S/c1-16(32)31(19-3-2-17-8-11-30(24(27)28)15-18(17)14-19)36(33,34)22-6-4-20(5-7-22)35-21-9-12-29(13-10-21)23(25)26/h2-7,14,21H,8-13,15H2,1H3,(H3,25,26)(H3,27,28). The Kier molecular flexibility index (Phi) is 7.07. The minimum Gasteiger partial charge on any atom is -0.490 e. The topological polar surface area (TPSA) is 170 Å². The molecule has 11 nitrogen and oxygen atoms in total. The van der Waals surface area contributed by atoms with Crippen molar-refractivity contribution in [2.75, 3.05) is 23.9 Å². The maximum atomic E-state index is 13.5. The summed E-state index contributed by atoms with van der Waals surface area (Å²) < 4.78 is 33.7. The first-order valence-electron chi connectivity index (χ1n) is 11.7. The predicted octanol–water partition coefficient (Wildman–Crippen LogP) is 1.42. The summed E-state index contributed by atoms with van der Waals surface area (Å²) in [5.74, 6) is -0.101. The second-order valence-electron chi connectivity index (χ2n) is 8.96. The molecule has 2 aromatic carbocycles. The molecule has 4 rings (SSSR count). The van der Waals surface area contributed by atoms with Crippen molar-refractivity contribution < 1.29 is 17.9 Å². The number of carbonyl (C=O) groups excluding carboxylic acids is 1. The molecule has 0 unspecified atom stereocenters. The minimum atomic E-state index is -4.17. The average molecular weight is 514 g/mol. The molecule has 2 aliphatic heterocycles. The van der Waals surface area contributed by atoms with Crippen LogP contribution in [0.5, 0.6) is 5.75 Å². The van der Waals surface area contributed by atoms with Gasteiger partial charge in [-0.15, -0.1) is 0 Å². The number of likely N-dealkylation sites (tertiary alicyclic amines) is 1. The Balaban J connectivity index is 1.52. The molecular formula is C24H31N7O4S. The number of hydrogen-bond acceptors (Lipinski definition) is 6.